The maximum absolute atomic E-state index is 9.57. The van der Waals surface area contributed by atoms with Crippen molar-refractivity contribution in [3.8, 4) is 0 Å². The molecule has 0 spiro atoms. The first kappa shape index (κ1) is 11.9. The summed E-state index contributed by atoms with van der Waals surface area (Å²) in [7, 11) is 0. The molecule has 3 heteroatoms. The van der Waals surface area contributed by atoms with E-state index in [-0.39, 0.29) is 11.5 Å². The molecule has 0 aliphatic heterocycles. The van der Waals surface area contributed by atoms with Gasteiger partial charge in [0.05, 0.1) is 6.10 Å². The highest BCUT2D eigenvalue weighted by Crippen LogP contribution is 2.39. The summed E-state index contributed by atoms with van der Waals surface area (Å²) in [6.45, 7) is 0.625. The average molecular weight is 240 g/mol. The first-order chi connectivity index (χ1) is 7.66. The van der Waals surface area contributed by atoms with Gasteiger partial charge in [-0.1, -0.05) is 23.7 Å². The van der Waals surface area contributed by atoms with Gasteiger partial charge in [0.15, 0.2) is 0 Å². The molecule has 0 unspecified atom stereocenters. The second-order valence-corrected chi connectivity index (χ2v) is 5.16. The van der Waals surface area contributed by atoms with Gasteiger partial charge in [-0.15, -0.1) is 0 Å². The van der Waals surface area contributed by atoms with Crippen LogP contribution in [-0.4, -0.2) is 17.8 Å². The molecule has 16 heavy (non-hydrogen) atoms. The Morgan fingerprint density at radius 2 is 2.06 bits per heavy atom. The summed E-state index contributed by atoms with van der Waals surface area (Å²) in [5.41, 5.74) is 7.18. The van der Waals surface area contributed by atoms with Crippen molar-refractivity contribution in [1.82, 2.24) is 0 Å². The first-order valence-corrected chi connectivity index (χ1v) is 6.18. The summed E-state index contributed by atoms with van der Waals surface area (Å²) in [4.78, 5) is 0. The summed E-state index contributed by atoms with van der Waals surface area (Å²) >= 11 is 6.02. The molecule has 2 rings (SSSR count). The Hall–Kier alpha value is -0.570. The summed E-state index contributed by atoms with van der Waals surface area (Å²) < 4.78 is 0. The number of halogens is 1. The fourth-order valence-corrected chi connectivity index (χ4v) is 2.77. The van der Waals surface area contributed by atoms with Gasteiger partial charge < -0.3 is 10.8 Å². The Kier molecular flexibility index (Phi) is 3.53. The number of aliphatic hydroxyl groups is 1. The molecule has 1 aromatic rings. The zero-order valence-corrected chi connectivity index (χ0v) is 10.1. The van der Waals surface area contributed by atoms with E-state index in [1.54, 1.807) is 0 Å². The van der Waals surface area contributed by atoms with Gasteiger partial charge in [-0.2, -0.15) is 0 Å². The summed E-state index contributed by atoms with van der Waals surface area (Å²) in [5, 5.41) is 10.3. The number of hydrogen-bond acceptors (Lipinski definition) is 2. The molecule has 3 N–H and O–H groups in total. The largest absolute Gasteiger partial charge is 0.393 e. The minimum absolute atomic E-state index is 0.0180. The van der Waals surface area contributed by atoms with Crippen LogP contribution in [0.15, 0.2) is 24.3 Å². The van der Waals surface area contributed by atoms with Crippen LogP contribution >= 0.6 is 11.6 Å². The molecule has 0 atom stereocenters. The Morgan fingerprint density at radius 1 is 1.38 bits per heavy atom. The highest BCUT2D eigenvalue weighted by molar-refractivity contribution is 6.30. The van der Waals surface area contributed by atoms with Crippen molar-refractivity contribution < 1.29 is 5.11 Å². The quantitative estimate of drug-likeness (QED) is 0.833. The van der Waals surface area contributed by atoms with Crippen molar-refractivity contribution >= 4 is 11.6 Å². The van der Waals surface area contributed by atoms with Crippen molar-refractivity contribution in [3.05, 3.63) is 34.9 Å². The van der Waals surface area contributed by atoms with E-state index in [0.29, 0.717) is 6.54 Å². The molecular formula is C13H18ClNO. The molecule has 1 aliphatic rings. The molecule has 1 aromatic carbocycles. The van der Waals surface area contributed by atoms with Crippen molar-refractivity contribution in [2.75, 3.05) is 6.54 Å². The smallest absolute Gasteiger partial charge is 0.0541 e. The molecule has 88 valence electrons. The van der Waals surface area contributed by atoms with Gasteiger partial charge in [-0.05, 0) is 43.4 Å². The number of rotatable bonds is 2. The maximum Gasteiger partial charge on any atom is 0.0541 e. The predicted molar refractivity (Wildman–Crippen MR) is 66.7 cm³/mol. The molecule has 1 aliphatic carbocycles. The topological polar surface area (TPSA) is 46.2 Å². The zero-order valence-electron chi connectivity index (χ0n) is 9.32. The van der Waals surface area contributed by atoms with E-state index in [1.807, 2.05) is 18.2 Å². The van der Waals surface area contributed by atoms with Crippen LogP contribution < -0.4 is 5.73 Å². The highest BCUT2D eigenvalue weighted by atomic mass is 35.5. The zero-order chi connectivity index (χ0) is 11.6. The molecule has 1 fully saturated rings. The van der Waals surface area contributed by atoms with Gasteiger partial charge in [-0.25, -0.2) is 0 Å². The lowest BCUT2D eigenvalue weighted by atomic mass is 9.69. The third-order valence-electron chi connectivity index (χ3n) is 3.74. The van der Waals surface area contributed by atoms with E-state index in [2.05, 4.69) is 6.07 Å². The molecule has 0 heterocycles. The molecule has 0 aromatic heterocycles. The molecule has 2 nitrogen and oxygen atoms in total. The first-order valence-electron chi connectivity index (χ1n) is 5.80. The van der Waals surface area contributed by atoms with Crippen LogP contribution in [0.25, 0.3) is 0 Å². The van der Waals surface area contributed by atoms with E-state index in [1.165, 1.54) is 5.56 Å². The van der Waals surface area contributed by atoms with E-state index in [4.69, 9.17) is 17.3 Å². The molecule has 0 bridgehead atoms. The Morgan fingerprint density at radius 3 is 2.62 bits per heavy atom. The van der Waals surface area contributed by atoms with Gasteiger partial charge in [-0.3, -0.25) is 0 Å². The van der Waals surface area contributed by atoms with Crippen LogP contribution in [0.3, 0.4) is 0 Å². The van der Waals surface area contributed by atoms with E-state index in [0.717, 1.165) is 30.7 Å². The van der Waals surface area contributed by atoms with Crippen molar-refractivity contribution in [2.45, 2.75) is 37.2 Å². The lowest BCUT2D eigenvalue weighted by Gasteiger charge is -2.38. The lowest BCUT2D eigenvalue weighted by Crippen LogP contribution is -2.40. The Bertz CT molecular complexity index is 359. The third kappa shape index (κ3) is 2.24. The normalized spacial score (nSPS) is 30.3. The second kappa shape index (κ2) is 4.74. The maximum atomic E-state index is 9.57. The van der Waals surface area contributed by atoms with Crippen LogP contribution in [0.4, 0.5) is 0 Å². The molecule has 0 saturated heterocycles. The minimum Gasteiger partial charge on any atom is -0.393 e. The standard InChI is InChI=1S/C13H18ClNO/c14-11-3-1-2-10(8-11)13(9-15)6-4-12(16)5-7-13/h1-3,8,12,16H,4-7,9,15H2. The number of hydrogen-bond donors (Lipinski definition) is 2. The molecule has 0 radical (unpaired) electrons. The highest BCUT2D eigenvalue weighted by Gasteiger charge is 2.35. The number of nitrogens with two attached hydrogens (primary N) is 1. The monoisotopic (exact) mass is 239 g/mol. The average Bonchev–Trinajstić information content (AvgIpc) is 2.31. The van der Waals surface area contributed by atoms with Crippen LogP contribution in [0.2, 0.25) is 5.02 Å². The predicted octanol–water partition coefficient (Wildman–Crippen LogP) is 2.47. The second-order valence-electron chi connectivity index (χ2n) is 4.73. The number of aliphatic hydroxyl groups excluding tert-OH is 1. The summed E-state index contributed by atoms with van der Waals surface area (Å²) in [6, 6.07) is 7.95. The summed E-state index contributed by atoms with van der Waals surface area (Å²) in [6.07, 6.45) is 3.42. The van der Waals surface area contributed by atoms with Gasteiger partial charge >= 0.3 is 0 Å². The van der Waals surface area contributed by atoms with E-state index < -0.39 is 0 Å². The third-order valence-corrected chi connectivity index (χ3v) is 3.98. The van der Waals surface area contributed by atoms with Gasteiger partial charge in [0.2, 0.25) is 0 Å². The fourth-order valence-electron chi connectivity index (χ4n) is 2.58. The fraction of sp³-hybridized carbons (Fsp3) is 0.538. The van der Waals surface area contributed by atoms with Gasteiger partial charge in [0.25, 0.3) is 0 Å². The van der Waals surface area contributed by atoms with Crippen molar-refractivity contribution in [2.24, 2.45) is 5.73 Å². The molecule has 1 saturated carbocycles. The van der Waals surface area contributed by atoms with Crippen LogP contribution in [0, 0.1) is 0 Å². The van der Waals surface area contributed by atoms with Gasteiger partial charge in [0.1, 0.15) is 0 Å². The minimum atomic E-state index is -0.154. The van der Waals surface area contributed by atoms with E-state index in [9.17, 15) is 5.11 Å². The Balaban J connectivity index is 2.28. The molecular weight excluding hydrogens is 222 g/mol. The van der Waals surface area contributed by atoms with Crippen LogP contribution in [0.5, 0.6) is 0 Å². The van der Waals surface area contributed by atoms with Gasteiger partial charge in [0, 0.05) is 17.0 Å². The van der Waals surface area contributed by atoms with Crippen LogP contribution in [-0.2, 0) is 5.41 Å². The van der Waals surface area contributed by atoms with Crippen LogP contribution in [0.1, 0.15) is 31.2 Å². The van der Waals surface area contributed by atoms with Crippen molar-refractivity contribution in [3.63, 3.8) is 0 Å². The Labute approximate surface area is 101 Å². The SMILES string of the molecule is NCC1(c2cccc(Cl)c2)CCC(O)CC1. The van der Waals surface area contributed by atoms with Crippen molar-refractivity contribution in [1.29, 1.82) is 0 Å². The van der Waals surface area contributed by atoms with E-state index >= 15 is 0 Å². The lowest BCUT2D eigenvalue weighted by molar-refractivity contribution is 0.0975. The summed E-state index contributed by atoms with van der Waals surface area (Å²) in [5.74, 6) is 0. The molecule has 0 amide bonds. The number of benzene rings is 1.